The van der Waals surface area contributed by atoms with Crippen molar-refractivity contribution in [3.05, 3.63) is 33.8 Å². The number of aliphatic carboxylic acids is 1. The fourth-order valence-electron chi connectivity index (χ4n) is 1.95. The SMILES string of the molecule is COCCN(CC(=O)O)C(=O)CCCc1ccc(Cl)c(Cl)c1. The number of benzene rings is 1. The fourth-order valence-corrected chi connectivity index (χ4v) is 2.27. The Hall–Kier alpha value is -1.30. The number of carboxylic acid groups (broad SMARTS) is 1. The van der Waals surface area contributed by atoms with Gasteiger partial charge in [-0.05, 0) is 30.5 Å². The van der Waals surface area contributed by atoms with E-state index in [0.717, 1.165) is 5.56 Å². The third kappa shape index (κ3) is 6.64. The van der Waals surface area contributed by atoms with Crippen LogP contribution in [0.25, 0.3) is 0 Å². The molecule has 22 heavy (non-hydrogen) atoms. The minimum atomic E-state index is -1.03. The zero-order valence-corrected chi connectivity index (χ0v) is 13.9. The number of carbonyl (C=O) groups excluding carboxylic acids is 1. The van der Waals surface area contributed by atoms with Gasteiger partial charge in [-0.1, -0.05) is 29.3 Å². The maximum Gasteiger partial charge on any atom is 0.323 e. The van der Waals surface area contributed by atoms with E-state index in [-0.39, 0.29) is 25.4 Å². The summed E-state index contributed by atoms with van der Waals surface area (Å²) in [4.78, 5) is 24.1. The molecule has 122 valence electrons. The normalized spacial score (nSPS) is 10.5. The van der Waals surface area contributed by atoms with E-state index in [1.165, 1.54) is 12.0 Å². The maximum atomic E-state index is 12.1. The summed E-state index contributed by atoms with van der Waals surface area (Å²) in [6.07, 6.45) is 1.56. The zero-order valence-electron chi connectivity index (χ0n) is 12.3. The highest BCUT2D eigenvalue weighted by molar-refractivity contribution is 6.42. The molecular formula is C15H19Cl2NO4. The zero-order chi connectivity index (χ0) is 16.5. The van der Waals surface area contributed by atoms with Gasteiger partial charge in [0.1, 0.15) is 6.54 Å². The lowest BCUT2D eigenvalue weighted by molar-refractivity contribution is -0.144. The number of rotatable bonds is 9. The summed E-state index contributed by atoms with van der Waals surface area (Å²) in [6.45, 7) is 0.273. The van der Waals surface area contributed by atoms with Gasteiger partial charge in [0, 0.05) is 20.1 Å². The van der Waals surface area contributed by atoms with Gasteiger partial charge in [-0.3, -0.25) is 9.59 Å². The second-order valence-electron chi connectivity index (χ2n) is 4.80. The average Bonchev–Trinajstić information content (AvgIpc) is 2.46. The highest BCUT2D eigenvalue weighted by atomic mass is 35.5. The van der Waals surface area contributed by atoms with Gasteiger partial charge in [0.05, 0.1) is 16.7 Å². The van der Waals surface area contributed by atoms with Crippen LogP contribution in [0.15, 0.2) is 18.2 Å². The monoisotopic (exact) mass is 347 g/mol. The van der Waals surface area contributed by atoms with E-state index in [9.17, 15) is 9.59 Å². The Kier molecular flexibility index (Phi) is 8.24. The highest BCUT2D eigenvalue weighted by Crippen LogP contribution is 2.23. The number of halogens is 2. The third-order valence-corrected chi connectivity index (χ3v) is 3.82. The van der Waals surface area contributed by atoms with E-state index in [4.69, 9.17) is 33.0 Å². The van der Waals surface area contributed by atoms with E-state index in [1.54, 1.807) is 12.1 Å². The summed E-state index contributed by atoms with van der Waals surface area (Å²) in [5.74, 6) is -1.23. The van der Waals surface area contributed by atoms with Crippen molar-refractivity contribution in [2.75, 3.05) is 26.8 Å². The number of carbonyl (C=O) groups is 2. The van der Waals surface area contributed by atoms with Crippen molar-refractivity contribution in [2.24, 2.45) is 0 Å². The third-order valence-electron chi connectivity index (χ3n) is 3.08. The Labute approximate surface area is 139 Å². The first kappa shape index (κ1) is 18.7. The summed E-state index contributed by atoms with van der Waals surface area (Å²) in [6, 6.07) is 5.35. The molecular weight excluding hydrogens is 329 g/mol. The van der Waals surface area contributed by atoms with Gasteiger partial charge in [0.2, 0.25) is 5.91 Å². The smallest absolute Gasteiger partial charge is 0.323 e. The van der Waals surface area contributed by atoms with E-state index >= 15 is 0 Å². The molecule has 0 saturated carbocycles. The molecule has 0 aliphatic heterocycles. The average molecular weight is 348 g/mol. The number of ether oxygens (including phenoxy) is 1. The lowest BCUT2D eigenvalue weighted by Gasteiger charge is -2.20. The number of aryl methyl sites for hydroxylation is 1. The molecule has 0 atom stereocenters. The number of carboxylic acids is 1. The number of hydrogen-bond donors (Lipinski definition) is 1. The van der Waals surface area contributed by atoms with Crippen LogP contribution in [0.3, 0.4) is 0 Å². The van der Waals surface area contributed by atoms with Crippen LogP contribution < -0.4 is 0 Å². The first-order valence-electron chi connectivity index (χ1n) is 6.86. The van der Waals surface area contributed by atoms with E-state index in [2.05, 4.69) is 0 Å². The molecule has 7 heteroatoms. The van der Waals surface area contributed by atoms with Gasteiger partial charge in [0.15, 0.2) is 0 Å². The molecule has 0 unspecified atom stereocenters. The van der Waals surface area contributed by atoms with E-state index in [1.807, 2.05) is 6.07 Å². The Morgan fingerprint density at radius 1 is 1.27 bits per heavy atom. The largest absolute Gasteiger partial charge is 0.480 e. The van der Waals surface area contributed by atoms with Crippen LogP contribution in [0, 0.1) is 0 Å². The van der Waals surface area contributed by atoms with Crippen LogP contribution in [0.4, 0.5) is 0 Å². The molecule has 0 saturated heterocycles. The molecule has 0 radical (unpaired) electrons. The fraction of sp³-hybridized carbons (Fsp3) is 0.467. The Morgan fingerprint density at radius 3 is 2.59 bits per heavy atom. The van der Waals surface area contributed by atoms with Crippen molar-refractivity contribution >= 4 is 35.1 Å². The summed E-state index contributed by atoms with van der Waals surface area (Å²) < 4.78 is 4.89. The minimum absolute atomic E-state index is 0.195. The molecule has 0 aliphatic carbocycles. The minimum Gasteiger partial charge on any atom is -0.480 e. The molecule has 1 aromatic carbocycles. The van der Waals surface area contributed by atoms with Gasteiger partial charge in [-0.25, -0.2) is 0 Å². The summed E-state index contributed by atoms with van der Waals surface area (Å²) in [5, 5.41) is 9.81. The van der Waals surface area contributed by atoms with Gasteiger partial charge in [-0.15, -0.1) is 0 Å². The first-order valence-corrected chi connectivity index (χ1v) is 7.62. The van der Waals surface area contributed by atoms with Crippen LogP contribution in [0.2, 0.25) is 10.0 Å². The van der Waals surface area contributed by atoms with Gasteiger partial charge < -0.3 is 14.7 Å². The predicted molar refractivity (Wildman–Crippen MR) is 85.5 cm³/mol. The summed E-state index contributed by atoms with van der Waals surface area (Å²) >= 11 is 11.8. The highest BCUT2D eigenvalue weighted by Gasteiger charge is 2.16. The Morgan fingerprint density at radius 2 is 2.00 bits per heavy atom. The molecule has 1 amide bonds. The number of hydrogen-bond acceptors (Lipinski definition) is 3. The molecule has 1 rings (SSSR count). The molecule has 0 bridgehead atoms. The van der Waals surface area contributed by atoms with Gasteiger partial charge >= 0.3 is 5.97 Å². The molecule has 5 nitrogen and oxygen atoms in total. The standard InChI is InChI=1S/C15H19Cl2NO4/c1-22-8-7-18(10-15(20)21)14(19)4-2-3-11-5-6-12(16)13(17)9-11/h5-6,9H,2-4,7-8,10H2,1H3,(H,20,21). The van der Waals surface area contributed by atoms with Crippen LogP contribution >= 0.6 is 23.2 Å². The number of nitrogens with zero attached hydrogens (tertiary/aromatic N) is 1. The lowest BCUT2D eigenvalue weighted by Crippen LogP contribution is -2.37. The summed E-state index contributed by atoms with van der Waals surface area (Å²) in [5.41, 5.74) is 0.990. The van der Waals surface area contributed by atoms with Gasteiger partial charge in [0.25, 0.3) is 0 Å². The second-order valence-corrected chi connectivity index (χ2v) is 5.62. The van der Waals surface area contributed by atoms with E-state index < -0.39 is 5.97 Å². The van der Waals surface area contributed by atoms with Crippen LogP contribution in [-0.2, 0) is 20.7 Å². The van der Waals surface area contributed by atoms with Crippen molar-refractivity contribution in [3.8, 4) is 0 Å². The maximum absolute atomic E-state index is 12.1. The predicted octanol–water partition coefficient (Wildman–Crippen LogP) is 2.88. The van der Waals surface area contributed by atoms with Crippen LogP contribution in [0.1, 0.15) is 18.4 Å². The topological polar surface area (TPSA) is 66.8 Å². The van der Waals surface area contributed by atoms with E-state index in [0.29, 0.717) is 29.5 Å². The first-order chi connectivity index (χ1) is 10.4. The van der Waals surface area contributed by atoms with Crippen LogP contribution in [-0.4, -0.2) is 48.7 Å². The Balaban J connectivity index is 2.47. The van der Waals surface area contributed by atoms with Gasteiger partial charge in [-0.2, -0.15) is 0 Å². The van der Waals surface area contributed by atoms with Crippen molar-refractivity contribution in [2.45, 2.75) is 19.3 Å². The van der Waals surface area contributed by atoms with Crippen LogP contribution in [0.5, 0.6) is 0 Å². The lowest BCUT2D eigenvalue weighted by atomic mass is 10.1. The number of amides is 1. The van der Waals surface area contributed by atoms with Crippen molar-refractivity contribution in [1.82, 2.24) is 4.90 Å². The second kappa shape index (κ2) is 9.66. The molecule has 0 spiro atoms. The summed E-state index contributed by atoms with van der Waals surface area (Å²) in [7, 11) is 1.51. The molecule has 0 heterocycles. The quantitative estimate of drug-likeness (QED) is 0.745. The molecule has 0 fully saturated rings. The molecule has 0 aromatic heterocycles. The van der Waals surface area contributed by atoms with Crippen molar-refractivity contribution in [3.63, 3.8) is 0 Å². The molecule has 1 aromatic rings. The number of methoxy groups -OCH3 is 1. The molecule has 1 N–H and O–H groups in total. The molecule has 0 aliphatic rings. The van der Waals surface area contributed by atoms with Crippen molar-refractivity contribution < 1.29 is 19.4 Å². The van der Waals surface area contributed by atoms with Crippen molar-refractivity contribution in [1.29, 1.82) is 0 Å². The Bertz CT molecular complexity index is 522.